The van der Waals surface area contributed by atoms with E-state index in [-0.39, 0.29) is 23.3 Å². The first-order chi connectivity index (χ1) is 16.6. The van der Waals surface area contributed by atoms with Gasteiger partial charge in [-0.25, -0.2) is 17.6 Å². The van der Waals surface area contributed by atoms with E-state index in [0.29, 0.717) is 17.9 Å². The number of hydrogen-bond acceptors (Lipinski definition) is 2. The minimum atomic E-state index is -0.750. The van der Waals surface area contributed by atoms with Gasteiger partial charge in [0, 0.05) is 0 Å². The Kier molecular flexibility index (Phi) is 12.0. The van der Waals surface area contributed by atoms with Crippen molar-refractivity contribution in [2.45, 2.75) is 0 Å². The maximum Gasteiger partial charge on any atom is 0.335 e. The molecule has 4 rings (SSSR count). The van der Waals surface area contributed by atoms with E-state index in [1.165, 1.54) is 24.3 Å². The Bertz CT molecular complexity index is 1180. The molecule has 0 unspecified atom stereocenters. The zero-order chi connectivity index (χ0) is 26.1. The Morgan fingerprint density at radius 2 is 0.600 bits per heavy atom. The van der Waals surface area contributed by atoms with Gasteiger partial charge in [-0.2, -0.15) is 8.42 Å². The predicted octanol–water partition coefficient (Wildman–Crippen LogP) is 9.64. The van der Waals surface area contributed by atoms with Crippen molar-refractivity contribution in [1.29, 1.82) is 0 Å². The van der Waals surface area contributed by atoms with Crippen molar-refractivity contribution in [3.05, 3.63) is 114 Å². The fourth-order valence-corrected chi connectivity index (χ4v) is 4.22. The van der Waals surface area contributed by atoms with E-state index in [9.17, 15) is 17.6 Å². The molecule has 0 aromatic heterocycles. The molecule has 0 atom stereocenters. The molecule has 182 valence electrons. The molecule has 0 saturated heterocycles. The highest BCUT2D eigenvalue weighted by atomic mass is 79.9. The standard InChI is InChI=1S/2C12H6Br2F2.O2S/c2*13-9-5-7(1-3-11(9)15)8-2-4-12(16)10(14)6-8;1-3-2/h2*1-6H;. The summed E-state index contributed by atoms with van der Waals surface area (Å²) in [5.74, 6) is -1.26. The molecule has 2 nitrogen and oxygen atoms in total. The molecule has 4 aromatic rings. The van der Waals surface area contributed by atoms with E-state index in [4.69, 9.17) is 8.42 Å². The van der Waals surface area contributed by atoms with Crippen molar-refractivity contribution >= 4 is 75.3 Å². The highest BCUT2D eigenvalue weighted by Gasteiger charge is 2.06. The highest BCUT2D eigenvalue weighted by Crippen LogP contribution is 2.29. The predicted molar refractivity (Wildman–Crippen MR) is 143 cm³/mol. The van der Waals surface area contributed by atoms with Crippen molar-refractivity contribution in [3.8, 4) is 22.3 Å². The molecular weight excluding hydrogens is 748 g/mol. The number of halogens is 8. The van der Waals surface area contributed by atoms with Crippen LogP contribution in [0.4, 0.5) is 17.6 Å². The molecule has 0 aliphatic heterocycles. The summed E-state index contributed by atoms with van der Waals surface area (Å²) >= 11 is 11.7. The van der Waals surface area contributed by atoms with Crippen LogP contribution in [-0.4, -0.2) is 8.42 Å². The summed E-state index contributed by atoms with van der Waals surface area (Å²) in [5, 5.41) is 0. The van der Waals surface area contributed by atoms with Crippen molar-refractivity contribution in [2.24, 2.45) is 0 Å². The van der Waals surface area contributed by atoms with E-state index in [1.54, 1.807) is 48.5 Å². The average molecular weight is 760 g/mol. The average Bonchev–Trinajstić information content (AvgIpc) is 2.82. The van der Waals surface area contributed by atoms with Crippen LogP contribution in [0, 0.1) is 23.3 Å². The van der Waals surface area contributed by atoms with E-state index >= 15 is 0 Å². The van der Waals surface area contributed by atoms with Gasteiger partial charge in [0.05, 0.1) is 17.9 Å². The lowest BCUT2D eigenvalue weighted by atomic mass is 10.1. The van der Waals surface area contributed by atoms with Crippen LogP contribution < -0.4 is 0 Å². The monoisotopic (exact) mass is 756 g/mol. The summed E-state index contributed by atoms with van der Waals surface area (Å²) in [6.45, 7) is 0. The number of rotatable bonds is 2. The smallest absolute Gasteiger partial charge is 0.206 e. The Morgan fingerprint density at radius 3 is 0.743 bits per heavy atom. The third-order valence-corrected chi connectivity index (χ3v) is 6.78. The lowest BCUT2D eigenvalue weighted by molar-refractivity contribution is 0.620. The topological polar surface area (TPSA) is 34.1 Å². The molecule has 0 spiro atoms. The van der Waals surface area contributed by atoms with Crippen LogP contribution in [0.5, 0.6) is 0 Å². The Morgan fingerprint density at radius 1 is 0.429 bits per heavy atom. The molecule has 0 amide bonds. The second-order valence-electron chi connectivity index (χ2n) is 6.58. The first-order valence-electron chi connectivity index (χ1n) is 9.30. The third-order valence-electron chi connectivity index (χ3n) is 4.35. The van der Waals surface area contributed by atoms with Gasteiger partial charge in [0.15, 0.2) is 0 Å². The molecule has 11 heteroatoms. The fourth-order valence-electron chi connectivity index (χ4n) is 2.70. The van der Waals surface area contributed by atoms with Gasteiger partial charge in [0.2, 0.25) is 0 Å². The molecule has 0 N–H and O–H groups in total. The van der Waals surface area contributed by atoms with Gasteiger partial charge in [-0.1, -0.05) is 24.3 Å². The van der Waals surface area contributed by atoms with Crippen LogP contribution in [0.25, 0.3) is 22.3 Å². The van der Waals surface area contributed by atoms with Crippen LogP contribution in [0.2, 0.25) is 0 Å². The van der Waals surface area contributed by atoms with Gasteiger partial charge < -0.3 is 0 Å². The van der Waals surface area contributed by atoms with Crippen molar-refractivity contribution in [1.82, 2.24) is 0 Å². The summed E-state index contributed by atoms with van der Waals surface area (Å²) in [7, 11) is 0. The minimum absolute atomic E-state index is 0.315. The van der Waals surface area contributed by atoms with Crippen molar-refractivity contribution in [2.75, 3.05) is 0 Å². The van der Waals surface area contributed by atoms with Gasteiger partial charge in [-0.3, -0.25) is 0 Å². The molecule has 0 saturated carbocycles. The third kappa shape index (κ3) is 8.75. The maximum atomic E-state index is 13.0. The molecule has 35 heavy (non-hydrogen) atoms. The van der Waals surface area contributed by atoms with Gasteiger partial charge in [-0.05, 0) is 135 Å². The van der Waals surface area contributed by atoms with Crippen molar-refractivity contribution < 1.29 is 26.0 Å². The SMILES string of the molecule is Fc1ccc(-c2ccc(F)c(Br)c2)cc1Br.Fc1ccc(-c2ccc(F)c(Br)c2)cc1Br.O=S=O. The molecule has 0 aliphatic rings. The largest absolute Gasteiger partial charge is 0.335 e. The summed E-state index contributed by atoms with van der Waals surface area (Å²) in [6, 6.07) is 18.7. The van der Waals surface area contributed by atoms with E-state index in [2.05, 4.69) is 63.7 Å². The van der Waals surface area contributed by atoms with Crippen LogP contribution in [0.1, 0.15) is 0 Å². The molecular formula is C24H12Br4F4O2S. The molecule has 0 aliphatic carbocycles. The van der Waals surface area contributed by atoms with E-state index < -0.39 is 11.6 Å². The van der Waals surface area contributed by atoms with E-state index in [0.717, 1.165) is 22.3 Å². The summed E-state index contributed by atoms with van der Waals surface area (Å²) in [5.41, 5.74) is 3.31. The zero-order valence-electron chi connectivity index (χ0n) is 17.2. The molecule has 4 aromatic carbocycles. The quantitative estimate of drug-likeness (QED) is 0.191. The van der Waals surface area contributed by atoms with Crippen LogP contribution >= 0.6 is 63.7 Å². The van der Waals surface area contributed by atoms with Crippen LogP contribution in [0.15, 0.2) is 90.7 Å². The normalized spacial score (nSPS) is 9.94. The molecule has 0 fully saturated rings. The Hall–Kier alpha value is -1.66. The van der Waals surface area contributed by atoms with Crippen molar-refractivity contribution in [3.63, 3.8) is 0 Å². The second-order valence-corrected chi connectivity index (χ2v) is 10.1. The van der Waals surface area contributed by atoms with Gasteiger partial charge in [-0.15, -0.1) is 0 Å². The number of hydrogen-bond donors (Lipinski definition) is 0. The Balaban J connectivity index is 0.000000222. The summed E-state index contributed by atoms with van der Waals surface area (Å²) in [4.78, 5) is 0. The molecule has 0 bridgehead atoms. The maximum absolute atomic E-state index is 13.0. The molecule has 0 heterocycles. The summed E-state index contributed by atoms with van der Waals surface area (Å²) < 4.78 is 70.3. The minimum Gasteiger partial charge on any atom is -0.206 e. The van der Waals surface area contributed by atoms with E-state index in [1.807, 2.05) is 0 Å². The zero-order valence-corrected chi connectivity index (χ0v) is 24.3. The lowest BCUT2D eigenvalue weighted by Crippen LogP contribution is -1.83. The van der Waals surface area contributed by atoms with Gasteiger partial charge in [0.1, 0.15) is 23.3 Å². The number of benzene rings is 4. The van der Waals surface area contributed by atoms with Gasteiger partial charge >= 0.3 is 11.6 Å². The first kappa shape index (κ1) is 29.6. The summed E-state index contributed by atoms with van der Waals surface area (Å²) in [6.07, 6.45) is 0. The highest BCUT2D eigenvalue weighted by molar-refractivity contribution is 9.11. The van der Waals surface area contributed by atoms with Crippen LogP contribution in [0.3, 0.4) is 0 Å². The van der Waals surface area contributed by atoms with Crippen LogP contribution in [-0.2, 0) is 11.6 Å². The van der Waals surface area contributed by atoms with Gasteiger partial charge in [0.25, 0.3) is 0 Å². The molecule has 0 radical (unpaired) electrons. The second kappa shape index (κ2) is 14.2. The first-order valence-corrected chi connectivity index (χ1v) is 13.1. The fraction of sp³-hybridized carbons (Fsp3) is 0. The lowest BCUT2D eigenvalue weighted by Gasteiger charge is -2.04. The Labute approximate surface area is 235 Å².